The standard InChI is InChI=1S/C10H18N2O4S/c1-4-12(3)9(14)6-17-5-8(10(15)16)11-7(2)13/h8H,4-6H2,1-3H3,(H,11,13)(H,15,16). The monoisotopic (exact) mass is 262 g/mol. The van der Waals surface area contributed by atoms with Crippen LogP contribution in [0.2, 0.25) is 0 Å². The van der Waals surface area contributed by atoms with Crippen LogP contribution >= 0.6 is 11.8 Å². The van der Waals surface area contributed by atoms with Crippen molar-refractivity contribution < 1.29 is 19.5 Å². The van der Waals surface area contributed by atoms with Gasteiger partial charge in [-0.3, -0.25) is 9.59 Å². The van der Waals surface area contributed by atoms with Crippen LogP contribution < -0.4 is 5.32 Å². The Kier molecular flexibility index (Phi) is 7.36. The maximum Gasteiger partial charge on any atom is 0.327 e. The van der Waals surface area contributed by atoms with Crippen LogP contribution in [0.5, 0.6) is 0 Å². The summed E-state index contributed by atoms with van der Waals surface area (Å²) in [6.45, 7) is 3.74. The van der Waals surface area contributed by atoms with E-state index in [9.17, 15) is 14.4 Å². The first kappa shape index (κ1) is 15.8. The van der Waals surface area contributed by atoms with Crippen molar-refractivity contribution in [3.8, 4) is 0 Å². The van der Waals surface area contributed by atoms with Gasteiger partial charge in [0.1, 0.15) is 6.04 Å². The van der Waals surface area contributed by atoms with Gasteiger partial charge in [0, 0.05) is 26.3 Å². The number of hydrogen-bond donors (Lipinski definition) is 2. The van der Waals surface area contributed by atoms with Crippen LogP contribution in [0, 0.1) is 0 Å². The molecule has 0 spiro atoms. The maximum absolute atomic E-state index is 11.4. The third-order valence-corrected chi connectivity index (χ3v) is 3.11. The van der Waals surface area contributed by atoms with Gasteiger partial charge in [0.2, 0.25) is 11.8 Å². The number of nitrogens with zero attached hydrogens (tertiary/aromatic N) is 1. The minimum absolute atomic E-state index is 0.0514. The van der Waals surface area contributed by atoms with Crippen molar-refractivity contribution in [1.29, 1.82) is 0 Å². The molecule has 0 fully saturated rings. The molecule has 2 N–H and O–H groups in total. The minimum atomic E-state index is -1.09. The lowest BCUT2D eigenvalue weighted by atomic mass is 10.3. The predicted octanol–water partition coefficient (Wildman–Crippen LogP) is -0.213. The number of carboxylic acids is 1. The van der Waals surface area contributed by atoms with Crippen molar-refractivity contribution in [2.24, 2.45) is 0 Å². The van der Waals surface area contributed by atoms with Crippen LogP contribution in [-0.4, -0.2) is 58.9 Å². The van der Waals surface area contributed by atoms with E-state index in [1.165, 1.54) is 18.7 Å². The van der Waals surface area contributed by atoms with E-state index >= 15 is 0 Å². The molecule has 0 saturated heterocycles. The Balaban J connectivity index is 4.02. The van der Waals surface area contributed by atoms with Gasteiger partial charge in [-0.15, -0.1) is 11.8 Å². The predicted molar refractivity (Wildman–Crippen MR) is 65.9 cm³/mol. The Labute approximate surface area is 105 Å². The maximum atomic E-state index is 11.4. The SMILES string of the molecule is CCN(C)C(=O)CSCC(NC(C)=O)C(=O)O. The van der Waals surface area contributed by atoms with Crippen molar-refractivity contribution in [3.63, 3.8) is 0 Å². The van der Waals surface area contributed by atoms with E-state index in [-0.39, 0.29) is 17.4 Å². The van der Waals surface area contributed by atoms with E-state index in [4.69, 9.17) is 5.11 Å². The molecule has 0 aliphatic carbocycles. The number of carboxylic acid groups (broad SMARTS) is 1. The van der Waals surface area contributed by atoms with Gasteiger partial charge in [-0.05, 0) is 6.92 Å². The molecule has 17 heavy (non-hydrogen) atoms. The summed E-state index contributed by atoms with van der Waals surface area (Å²) in [6, 6.07) is -0.947. The molecule has 0 aliphatic heterocycles. The third-order valence-electron chi connectivity index (χ3n) is 2.09. The normalized spacial score (nSPS) is 11.7. The summed E-state index contributed by atoms with van der Waals surface area (Å²) in [7, 11) is 1.69. The Hall–Kier alpha value is -1.24. The van der Waals surface area contributed by atoms with Gasteiger partial charge in [-0.25, -0.2) is 4.79 Å². The fourth-order valence-electron chi connectivity index (χ4n) is 0.971. The Morgan fingerprint density at radius 2 is 2.00 bits per heavy atom. The molecule has 0 radical (unpaired) electrons. The van der Waals surface area contributed by atoms with E-state index in [1.54, 1.807) is 11.9 Å². The van der Waals surface area contributed by atoms with Gasteiger partial charge in [0.25, 0.3) is 0 Å². The summed E-state index contributed by atoms with van der Waals surface area (Å²) >= 11 is 1.20. The summed E-state index contributed by atoms with van der Waals surface area (Å²) in [6.07, 6.45) is 0. The van der Waals surface area contributed by atoms with Gasteiger partial charge in [0.05, 0.1) is 5.75 Å². The summed E-state index contributed by atoms with van der Waals surface area (Å²) in [5.41, 5.74) is 0. The van der Waals surface area contributed by atoms with Crippen LogP contribution in [0.25, 0.3) is 0 Å². The van der Waals surface area contributed by atoms with Crippen LogP contribution in [0.3, 0.4) is 0 Å². The number of carbonyl (C=O) groups excluding carboxylic acids is 2. The van der Waals surface area contributed by atoms with Crippen molar-refractivity contribution in [3.05, 3.63) is 0 Å². The van der Waals surface area contributed by atoms with Crippen molar-refractivity contribution >= 4 is 29.5 Å². The Bertz CT molecular complexity index is 296. The first-order valence-corrected chi connectivity index (χ1v) is 6.35. The second-order valence-electron chi connectivity index (χ2n) is 3.51. The van der Waals surface area contributed by atoms with E-state index in [0.717, 1.165) is 0 Å². The van der Waals surface area contributed by atoms with E-state index in [1.807, 2.05) is 6.92 Å². The molecular weight excluding hydrogens is 244 g/mol. The summed E-state index contributed by atoms with van der Waals surface area (Å²) < 4.78 is 0. The molecular formula is C10H18N2O4S. The first-order valence-electron chi connectivity index (χ1n) is 5.20. The second kappa shape index (κ2) is 7.94. The van der Waals surface area contributed by atoms with Crippen LogP contribution in [0.15, 0.2) is 0 Å². The van der Waals surface area contributed by atoms with E-state index in [2.05, 4.69) is 5.32 Å². The molecule has 0 rings (SSSR count). The van der Waals surface area contributed by atoms with Crippen LogP contribution in [-0.2, 0) is 14.4 Å². The zero-order chi connectivity index (χ0) is 13.4. The lowest BCUT2D eigenvalue weighted by Gasteiger charge is -2.16. The lowest BCUT2D eigenvalue weighted by molar-refractivity contribution is -0.140. The largest absolute Gasteiger partial charge is 0.480 e. The molecule has 0 bridgehead atoms. The summed E-state index contributed by atoms with van der Waals surface area (Å²) in [4.78, 5) is 34.5. The quantitative estimate of drug-likeness (QED) is 0.663. The topological polar surface area (TPSA) is 86.7 Å². The van der Waals surface area contributed by atoms with Gasteiger partial charge >= 0.3 is 5.97 Å². The average molecular weight is 262 g/mol. The highest BCUT2D eigenvalue weighted by molar-refractivity contribution is 8.00. The third kappa shape index (κ3) is 6.83. The van der Waals surface area contributed by atoms with Gasteiger partial charge in [-0.2, -0.15) is 0 Å². The zero-order valence-corrected chi connectivity index (χ0v) is 11.0. The minimum Gasteiger partial charge on any atom is -0.480 e. The zero-order valence-electron chi connectivity index (χ0n) is 10.2. The van der Waals surface area contributed by atoms with E-state index in [0.29, 0.717) is 6.54 Å². The molecule has 2 amide bonds. The summed E-state index contributed by atoms with van der Waals surface area (Å²) in [5, 5.41) is 11.1. The molecule has 0 saturated carbocycles. The lowest BCUT2D eigenvalue weighted by Crippen LogP contribution is -2.41. The van der Waals surface area contributed by atoms with Crippen molar-refractivity contribution in [2.45, 2.75) is 19.9 Å². The highest BCUT2D eigenvalue weighted by atomic mass is 32.2. The molecule has 98 valence electrons. The highest BCUT2D eigenvalue weighted by Crippen LogP contribution is 2.05. The Morgan fingerprint density at radius 3 is 2.41 bits per heavy atom. The van der Waals surface area contributed by atoms with Crippen LogP contribution in [0.4, 0.5) is 0 Å². The molecule has 1 atom stereocenters. The van der Waals surface area contributed by atoms with Crippen molar-refractivity contribution in [1.82, 2.24) is 10.2 Å². The average Bonchev–Trinajstić information content (AvgIpc) is 2.25. The molecule has 0 aromatic carbocycles. The number of amides is 2. The number of hydrogen-bond acceptors (Lipinski definition) is 4. The number of carbonyl (C=O) groups is 3. The van der Waals surface area contributed by atoms with E-state index < -0.39 is 17.9 Å². The molecule has 1 unspecified atom stereocenters. The van der Waals surface area contributed by atoms with Crippen LogP contribution in [0.1, 0.15) is 13.8 Å². The number of rotatable bonds is 7. The molecule has 7 heteroatoms. The molecule has 0 aromatic heterocycles. The van der Waals surface area contributed by atoms with Gasteiger partial charge in [0.15, 0.2) is 0 Å². The smallest absolute Gasteiger partial charge is 0.327 e. The fourth-order valence-corrected chi connectivity index (χ4v) is 1.95. The molecule has 0 aromatic rings. The molecule has 0 heterocycles. The number of aliphatic carboxylic acids is 1. The Morgan fingerprint density at radius 1 is 1.41 bits per heavy atom. The van der Waals surface area contributed by atoms with Crippen molar-refractivity contribution in [2.75, 3.05) is 25.1 Å². The number of nitrogens with one attached hydrogen (secondary N) is 1. The fraction of sp³-hybridized carbons (Fsp3) is 0.700. The van der Waals surface area contributed by atoms with Gasteiger partial charge < -0.3 is 15.3 Å². The molecule has 0 aliphatic rings. The van der Waals surface area contributed by atoms with Gasteiger partial charge in [-0.1, -0.05) is 0 Å². The number of thioether (sulfide) groups is 1. The molecule has 6 nitrogen and oxygen atoms in total. The summed E-state index contributed by atoms with van der Waals surface area (Å²) in [5.74, 6) is -1.14. The first-order chi connectivity index (χ1) is 7.88. The second-order valence-corrected chi connectivity index (χ2v) is 4.54. The highest BCUT2D eigenvalue weighted by Gasteiger charge is 2.19.